The molecule has 1 saturated heterocycles. The number of hydrogen-bond donors (Lipinski definition) is 1. The van der Waals surface area contributed by atoms with E-state index in [1.165, 1.54) is 13.1 Å². The number of rotatable bonds is 0. The zero-order valence-electron chi connectivity index (χ0n) is 6.52. The fraction of sp³-hybridized carbons (Fsp3) is 1.00. The van der Waals surface area contributed by atoms with Gasteiger partial charge in [0, 0.05) is 13.1 Å². The monoisotopic (exact) mass is 128 g/mol. The first-order chi connectivity index (χ1) is 4.20. The lowest BCUT2D eigenvalue weighted by Crippen LogP contribution is -2.50. The maximum Gasteiger partial charge on any atom is 0.0565 e. The van der Waals surface area contributed by atoms with E-state index >= 15 is 0 Å². The van der Waals surface area contributed by atoms with Gasteiger partial charge in [0.2, 0.25) is 0 Å². The molecule has 1 aliphatic rings. The van der Waals surface area contributed by atoms with Gasteiger partial charge in [0.1, 0.15) is 0 Å². The summed E-state index contributed by atoms with van der Waals surface area (Å²) in [6.07, 6.45) is 0.571. The van der Waals surface area contributed by atoms with Crippen molar-refractivity contribution in [2.45, 2.75) is 20.0 Å². The summed E-state index contributed by atoms with van der Waals surface area (Å²) >= 11 is 0. The van der Waals surface area contributed by atoms with E-state index in [4.69, 9.17) is 0 Å². The highest BCUT2D eigenvalue weighted by molar-refractivity contribution is 4.72. The Kier molecular flexibility index (Phi) is 2.09. The van der Waals surface area contributed by atoms with E-state index in [-0.39, 0.29) is 0 Å². The van der Waals surface area contributed by atoms with Crippen LogP contribution in [0.4, 0.5) is 0 Å². The molecule has 54 valence electrons. The van der Waals surface area contributed by atoms with Gasteiger partial charge in [0.05, 0.1) is 6.17 Å². The van der Waals surface area contributed by atoms with Crippen LogP contribution in [0.25, 0.3) is 0 Å². The molecule has 2 nitrogen and oxygen atoms in total. The Morgan fingerprint density at radius 2 is 2.11 bits per heavy atom. The van der Waals surface area contributed by atoms with Crippen molar-refractivity contribution in [1.82, 2.24) is 10.2 Å². The van der Waals surface area contributed by atoms with Crippen molar-refractivity contribution >= 4 is 0 Å². The van der Waals surface area contributed by atoms with Crippen LogP contribution in [0.1, 0.15) is 13.8 Å². The van der Waals surface area contributed by atoms with E-state index < -0.39 is 0 Å². The summed E-state index contributed by atoms with van der Waals surface area (Å²) in [6, 6.07) is 0. The average Bonchev–Trinajstić information content (AvgIpc) is 1.80. The first kappa shape index (κ1) is 7.03. The summed E-state index contributed by atoms with van der Waals surface area (Å²) in [4.78, 5) is 2.34. The van der Waals surface area contributed by atoms with Crippen molar-refractivity contribution < 1.29 is 0 Å². The Morgan fingerprint density at radius 3 is 2.56 bits per heavy atom. The molecule has 0 spiro atoms. The minimum atomic E-state index is 0.571. The molecule has 0 aliphatic carbocycles. The smallest absolute Gasteiger partial charge is 0.0565 e. The van der Waals surface area contributed by atoms with Gasteiger partial charge >= 0.3 is 0 Å². The molecule has 2 atom stereocenters. The first-order valence-corrected chi connectivity index (χ1v) is 3.64. The molecule has 0 aromatic heterocycles. The van der Waals surface area contributed by atoms with Gasteiger partial charge < -0.3 is 5.32 Å². The van der Waals surface area contributed by atoms with Crippen LogP contribution in [0, 0.1) is 5.92 Å². The minimum Gasteiger partial charge on any atom is -0.302 e. The topological polar surface area (TPSA) is 15.3 Å². The van der Waals surface area contributed by atoms with Gasteiger partial charge in [0.15, 0.2) is 0 Å². The molecule has 0 amide bonds. The molecule has 1 unspecified atom stereocenters. The Morgan fingerprint density at radius 1 is 1.44 bits per heavy atom. The van der Waals surface area contributed by atoms with Crippen LogP contribution in [0.2, 0.25) is 0 Å². The molecule has 1 aliphatic heterocycles. The van der Waals surface area contributed by atoms with Crippen LogP contribution < -0.4 is 5.32 Å². The summed E-state index contributed by atoms with van der Waals surface area (Å²) in [6.45, 7) is 6.88. The quantitative estimate of drug-likeness (QED) is 0.511. The third kappa shape index (κ3) is 1.66. The molecule has 9 heavy (non-hydrogen) atoms. The summed E-state index contributed by atoms with van der Waals surface area (Å²) in [5, 5.41) is 3.41. The van der Waals surface area contributed by atoms with Crippen molar-refractivity contribution in [3.63, 3.8) is 0 Å². The summed E-state index contributed by atoms with van der Waals surface area (Å²) in [7, 11) is 2.16. The van der Waals surface area contributed by atoms with E-state index in [0.717, 1.165) is 5.92 Å². The normalized spacial score (nSPS) is 39.0. The lowest BCUT2D eigenvalue weighted by atomic mass is 10.1. The summed E-state index contributed by atoms with van der Waals surface area (Å²) in [5.74, 6) is 0.811. The third-order valence-corrected chi connectivity index (χ3v) is 2.02. The van der Waals surface area contributed by atoms with Gasteiger partial charge in [0.25, 0.3) is 0 Å². The SMILES string of the molecule is CC1NC[C@H](C)CN1C. The fourth-order valence-electron chi connectivity index (χ4n) is 1.24. The summed E-state index contributed by atoms with van der Waals surface area (Å²) in [5.41, 5.74) is 0. The molecule has 1 heterocycles. The average molecular weight is 128 g/mol. The van der Waals surface area contributed by atoms with Crippen LogP contribution in [-0.2, 0) is 0 Å². The molecule has 0 aromatic rings. The zero-order valence-corrected chi connectivity index (χ0v) is 6.52. The van der Waals surface area contributed by atoms with E-state index in [0.29, 0.717) is 6.17 Å². The second-order valence-electron chi connectivity index (χ2n) is 3.13. The molecule has 0 bridgehead atoms. The molecular formula is C7H16N2. The van der Waals surface area contributed by atoms with E-state index in [1.54, 1.807) is 0 Å². The van der Waals surface area contributed by atoms with Crippen LogP contribution in [0.3, 0.4) is 0 Å². The van der Waals surface area contributed by atoms with Crippen LogP contribution >= 0.6 is 0 Å². The Hall–Kier alpha value is -0.0800. The van der Waals surface area contributed by atoms with Crippen LogP contribution in [-0.4, -0.2) is 31.2 Å². The Balaban J connectivity index is 2.35. The van der Waals surface area contributed by atoms with Gasteiger partial charge in [-0.05, 0) is 19.9 Å². The maximum absolute atomic E-state index is 3.41. The molecule has 0 radical (unpaired) electrons. The van der Waals surface area contributed by atoms with E-state index in [9.17, 15) is 0 Å². The molecule has 0 saturated carbocycles. The highest BCUT2D eigenvalue weighted by atomic mass is 15.3. The predicted molar refractivity (Wildman–Crippen MR) is 39.3 cm³/mol. The number of nitrogens with one attached hydrogen (secondary N) is 1. The van der Waals surface area contributed by atoms with E-state index in [1.807, 2.05) is 0 Å². The standard InChI is InChI=1S/C7H16N2/c1-6-4-8-7(2)9(3)5-6/h6-8H,4-5H2,1-3H3/t6-,7?/m0/s1. The second kappa shape index (κ2) is 2.67. The van der Waals surface area contributed by atoms with Crippen molar-refractivity contribution in [3.8, 4) is 0 Å². The highest BCUT2D eigenvalue weighted by Crippen LogP contribution is 2.05. The Labute approximate surface area is 57.2 Å². The van der Waals surface area contributed by atoms with Gasteiger partial charge in [-0.25, -0.2) is 0 Å². The predicted octanol–water partition coefficient (Wildman–Crippen LogP) is 0.504. The Bertz CT molecular complexity index is 92.9. The molecule has 2 heteroatoms. The molecule has 0 aromatic carbocycles. The fourth-order valence-corrected chi connectivity index (χ4v) is 1.24. The molecule has 1 rings (SSSR count). The van der Waals surface area contributed by atoms with Gasteiger partial charge in [-0.15, -0.1) is 0 Å². The van der Waals surface area contributed by atoms with Gasteiger partial charge in [-0.2, -0.15) is 0 Å². The first-order valence-electron chi connectivity index (χ1n) is 3.64. The van der Waals surface area contributed by atoms with Crippen molar-refractivity contribution in [2.75, 3.05) is 20.1 Å². The zero-order chi connectivity index (χ0) is 6.85. The third-order valence-electron chi connectivity index (χ3n) is 2.02. The number of hydrogen-bond acceptors (Lipinski definition) is 2. The minimum absolute atomic E-state index is 0.571. The largest absolute Gasteiger partial charge is 0.302 e. The van der Waals surface area contributed by atoms with Crippen molar-refractivity contribution in [2.24, 2.45) is 5.92 Å². The molecular weight excluding hydrogens is 112 g/mol. The van der Waals surface area contributed by atoms with Crippen molar-refractivity contribution in [1.29, 1.82) is 0 Å². The molecule has 1 fully saturated rings. The van der Waals surface area contributed by atoms with Crippen molar-refractivity contribution in [3.05, 3.63) is 0 Å². The lowest BCUT2D eigenvalue weighted by Gasteiger charge is -2.34. The van der Waals surface area contributed by atoms with Gasteiger partial charge in [-0.1, -0.05) is 6.92 Å². The lowest BCUT2D eigenvalue weighted by molar-refractivity contribution is 0.143. The van der Waals surface area contributed by atoms with Gasteiger partial charge in [-0.3, -0.25) is 4.90 Å². The molecule has 1 N–H and O–H groups in total. The van der Waals surface area contributed by atoms with E-state index in [2.05, 4.69) is 31.1 Å². The van der Waals surface area contributed by atoms with Crippen LogP contribution in [0.5, 0.6) is 0 Å². The second-order valence-corrected chi connectivity index (χ2v) is 3.13. The maximum atomic E-state index is 3.41. The van der Waals surface area contributed by atoms with Crippen LogP contribution in [0.15, 0.2) is 0 Å². The summed E-state index contributed by atoms with van der Waals surface area (Å²) < 4.78 is 0. The highest BCUT2D eigenvalue weighted by Gasteiger charge is 2.17. The number of nitrogens with zero attached hydrogens (tertiary/aromatic N) is 1.